The van der Waals surface area contributed by atoms with Crippen molar-refractivity contribution >= 4 is 24.2 Å². The summed E-state index contributed by atoms with van der Waals surface area (Å²) in [5, 5.41) is 0. The van der Waals surface area contributed by atoms with Crippen molar-refractivity contribution in [1.29, 1.82) is 0 Å². The maximum Gasteiger partial charge on any atom is 0.681 e. The quantitative estimate of drug-likeness (QED) is 0.154. The highest BCUT2D eigenvalue weighted by Crippen LogP contribution is 2.57. The molecule has 0 aromatic heterocycles. The zero-order valence-electron chi connectivity index (χ0n) is 20.3. The molecule has 0 aliphatic heterocycles. The summed E-state index contributed by atoms with van der Waals surface area (Å²) in [5.41, 5.74) is 0. The monoisotopic (exact) mass is 508 g/mol. The lowest BCUT2D eigenvalue weighted by Crippen LogP contribution is -2.53. The van der Waals surface area contributed by atoms with Crippen LogP contribution in [-0.2, 0) is 44.9 Å². The van der Waals surface area contributed by atoms with Crippen molar-refractivity contribution in [2.24, 2.45) is 0 Å². The third-order valence-electron chi connectivity index (χ3n) is 3.84. The second-order valence-electron chi connectivity index (χ2n) is 6.08. The van der Waals surface area contributed by atoms with Crippen molar-refractivity contribution in [2.45, 2.75) is 79.9 Å². The highest BCUT2D eigenvalue weighted by Gasteiger charge is 2.55. The predicted octanol–water partition coefficient (Wildman–Crippen LogP) is 5.53. The van der Waals surface area contributed by atoms with Crippen LogP contribution >= 0.6 is 15.2 Å². The molecule has 0 rings (SSSR count). The molecule has 0 heterocycles. The minimum Gasteiger partial charge on any atom is -0.351 e. The van der Waals surface area contributed by atoms with E-state index in [1.54, 1.807) is 55.4 Å². The Morgan fingerprint density at radius 2 is 0.839 bits per heavy atom. The highest BCUT2D eigenvalue weighted by molar-refractivity contribution is 7.54. The van der Waals surface area contributed by atoms with Gasteiger partial charge in [-0.1, -0.05) is 13.8 Å². The average molecular weight is 509 g/mol. The van der Waals surface area contributed by atoms with E-state index in [0.29, 0.717) is 12.8 Å². The Labute approximate surface area is 189 Å². The van der Waals surface area contributed by atoms with Crippen molar-refractivity contribution in [3.63, 3.8) is 0 Å². The summed E-state index contributed by atoms with van der Waals surface area (Å²) in [6.45, 7) is 15.1. The Hall–Kier alpha value is 0.357. The maximum absolute atomic E-state index is 13.4. The lowest BCUT2D eigenvalue weighted by molar-refractivity contribution is -0.0554. The number of hydrogen-bond acceptors (Lipinski definition) is 10. The van der Waals surface area contributed by atoms with Crippen LogP contribution in [0.2, 0.25) is 0 Å². The van der Waals surface area contributed by atoms with E-state index in [1.165, 1.54) is 0 Å². The average Bonchev–Trinajstić information content (AvgIpc) is 2.71. The van der Waals surface area contributed by atoms with Crippen LogP contribution < -0.4 is 0 Å². The first kappa shape index (κ1) is 31.4. The molecule has 31 heavy (non-hydrogen) atoms. The topological polar surface area (TPSA) is 108 Å². The van der Waals surface area contributed by atoms with E-state index in [-0.39, 0.29) is 39.6 Å². The third kappa shape index (κ3) is 9.63. The number of hydrogen-bond donors (Lipinski definition) is 0. The van der Waals surface area contributed by atoms with E-state index in [1.807, 2.05) is 0 Å². The molecule has 0 bridgehead atoms. The zero-order chi connectivity index (χ0) is 24.0. The van der Waals surface area contributed by atoms with E-state index in [4.69, 9.17) is 35.8 Å². The summed E-state index contributed by atoms with van der Waals surface area (Å²) < 4.78 is 72.6. The Morgan fingerprint density at radius 3 is 1.03 bits per heavy atom. The van der Waals surface area contributed by atoms with Gasteiger partial charge in [0, 0.05) is 13.2 Å². The largest absolute Gasteiger partial charge is 0.681 e. The van der Waals surface area contributed by atoms with Gasteiger partial charge in [-0.2, -0.15) is 0 Å². The Balaban J connectivity index is 6.15. The van der Waals surface area contributed by atoms with Crippen molar-refractivity contribution in [3.8, 4) is 0 Å². The van der Waals surface area contributed by atoms with E-state index in [2.05, 4.69) is 0 Å². The van der Waals surface area contributed by atoms with Gasteiger partial charge in [-0.3, -0.25) is 9.13 Å². The summed E-state index contributed by atoms with van der Waals surface area (Å²) in [7, 11) is -11.3. The molecular formula is C18H42O10P2Si. The molecule has 0 N–H and O–H groups in total. The molecule has 0 spiro atoms. The molecule has 0 aromatic rings. The molecule has 0 aliphatic carbocycles. The molecule has 0 saturated heterocycles. The third-order valence-corrected chi connectivity index (χ3v) is 11.5. The van der Waals surface area contributed by atoms with Gasteiger partial charge in [0.2, 0.25) is 0 Å². The number of rotatable bonds is 20. The zero-order valence-corrected chi connectivity index (χ0v) is 23.1. The second kappa shape index (κ2) is 16.1. The molecule has 0 fully saturated rings. The second-order valence-corrected chi connectivity index (χ2v) is 12.5. The molecule has 0 aliphatic rings. The lowest BCUT2D eigenvalue weighted by Gasteiger charge is -2.36. The molecule has 0 saturated carbocycles. The first-order chi connectivity index (χ1) is 14.7. The van der Waals surface area contributed by atoms with Crippen LogP contribution in [0.5, 0.6) is 0 Å². The van der Waals surface area contributed by atoms with Crippen LogP contribution in [0, 0.1) is 0 Å². The maximum atomic E-state index is 13.4. The first-order valence-electron chi connectivity index (χ1n) is 11.1. The summed E-state index contributed by atoms with van der Waals surface area (Å²) in [4.78, 5) is 0. The van der Waals surface area contributed by atoms with Crippen LogP contribution in [-0.4, -0.2) is 60.4 Å². The van der Waals surface area contributed by atoms with Gasteiger partial charge in [0.05, 0.1) is 26.4 Å². The molecule has 0 aromatic carbocycles. The van der Waals surface area contributed by atoms with E-state index in [9.17, 15) is 9.13 Å². The van der Waals surface area contributed by atoms with Crippen molar-refractivity contribution < 1.29 is 44.9 Å². The molecule has 2 unspecified atom stereocenters. The van der Waals surface area contributed by atoms with Gasteiger partial charge < -0.3 is 35.8 Å². The summed E-state index contributed by atoms with van der Waals surface area (Å²) in [5.74, 6) is -1.98. The fourth-order valence-corrected chi connectivity index (χ4v) is 9.84. The van der Waals surface area contributed by atoms with Crippen LogP contribution in [0.4, 0.5) is 0 Å². The highest BCUT2D eigenvalue weighted by atomic mass is 31.2. The first-order valence-corrected chi connectivity index (χ1v) is 16.0. The van der Waals surface area contributed by atoms with Gasteiger partial charge >= 0.3 is 24.2 Å². The fraction of sp³-hybridized carbons (Fsp3) is 1.00. The standard InChI is InChI=1S/C18H42O10P2Si/c1-9-17(29(19,21-11-3)22-12-4)27-31(25-15-7,26-16-8)28-18(10-2)30(20,23-13-5)24-14-6/h17-18H,9-16H2,1-8H3. The fourth-order valence-electron chi connectivity index (χ4n) is 2.76. The van der Waals surface area contributed by atoms with Crippen LogP contribution in [0.15, 0.2) is 0 Å². The molecule has 0 amide bonds. The Bertz CT molecular complexity index is 497. The van der Waals surface area contributed by atoms with Crippen molar-refractivity contribution in [3.05, 3.63) is 0 Å². The van der Waals surface area contributed by atoms with Gasteiger partial charge in [0.15, 0.2) is 11.7 Å². The van der Waals surface area contributed by atoms with Crippen LogP contribution in [0.3, 0.4) is 0 Å². The minimum atomic E-state index is -3.96. The smallest absolute Gasteiger partial charge is 0.351 e. The molecule has 10 nitrogen and oxygen atoms in total. The molecule has 13 heteroatoms. The SMILES string of the molecule is CCO[Si](OCC)(OC(CC)P(=O)(OCC)OCC)OC(CC)P(=O)(OCC)OCC. The molecule has 0 radical (unpaired) electrons. The van der Waals surface area contributed by atoms with Gasteiger partial charge in [-0.05, 0) is 54.4 Å². The summed E-state index contributed by atoms with van der Waals surface area (Å²) in [6, 6.07) is 0. The van der Waals surface area contributed by atoms with Gasteiger partial charge in [-0.25, -0.2) is 0 Å². The van der Waals surface area contributed by atoms with Gasteiger partial charge in [0.25, 0.3) is 0 Å². The van der Waals surface area contributed by atoms with Crippen molar-refractivity contribution in [1.82, 2.24) is 0 Å². The Kier molecular flexibility index (Phi) is 16.2. The lowest BCUT2D eigenvalue weighted by atomic mass is 10.5. The Morgan fingerprint density at radius 1 is 0.548 bits per heavy atom. The van der Waals surface area contributed by atoms with Gasteiger partial charge in [0.1, 0.15) is 0 Å². The molecule has 2 atom stereocenters. The molecular weight excluding hydrogens is 466 g/mol. The summed E-state index contributed by atoms with van der Waals surface area (Å²) >= 11 is 0. The molecule has 188 valence electrons. The van der Waals surface area contributed by atoms with E-state index in [0.717, 1.165) is 0 Å². The predicted molar refractivity (Wildman–Crippen MR) is 121 cm³/mol. The van der Waals surface area contributed by atoms with Crippen LogP contribution in [0.25, 0.3) is 0 Å². The normalized spacial score (nSPS) is 15.2. The summed E-state index contributed by atoms with van der Waals surface area (Å²) in [6.07, 6.45) is 0.585. The van der Waals surface area contributed by atoms with E-state index < -0.39 is 35.9 Å². The van der Waals surface area contributed by atoms with Crippen LogP contribution in [0.1, 0.15) is 68.2 Å². The van der Waals surface area contributed by atoms with E-state index >= 15 is 0 Å². The minimum absolute atomic E-state index is 0.178. The van der Waals surface area contributed by atoms with Gasteiger partial charge in [-0.15, -0.1) is 0 Å². The van der Waals surface area contributed by atoms with Crippen molar-refractivity contribution in [2.75, 3.05) is 39.6 Å².